The van der Waals surface area contributed by atoms with Crippen LogP contribution in [0.3, 0.4) is 0 Å². The third kappa shape index (κ3) is 4.58. The van der Waals surface area contributed by atoms with Gasteiger partial charge in [-0.2, -0.15) is 0 Å². The zero-order valence-electron chi connectivity index (χ0n) is 14.1. The van der Waals surface area contributed by atoms with Gasteiger partial charge in [-0.25, -0.2) is 22.3 Å². The first-order valence-electron chi connectivity index (χ1n) is 8.22. The van der Waals surface area contributed by atoms with Gasteiger partial charge in [-0.3, -0.25) is 0 Å². The number of sulfonamides is 1. The van der Waals surface area contributed by atoms with Gasteiger partial charge < -0.3 is 9.84 Å². The average Bonchev–Trinajstić information content (AvgIpc) is 3.05. The molecule has 0 bridgehead atoms. The van der Waals surface area contributed by atoms with E-state index in [1.54, 1.807) is 0 Å². The molecular formula is C18H17ClFNO5S. The van der Waals surface area contributed by atoms with E-state index >= 15 is 0 Å². The first-order valence-corrected chi connectivity index (χ1v) is 10.1. The molecule has 2 aromatic carbocycles. The second-order valence-corrected chi connectivity index (χ2v) is 8.36. The quantitative estimate of drug-likeness (QED) is 0.728. The Morgan fingerprint density at radius 1 is 1.22 bits per heavy atom. The molecule has 0 aliphatic heterocycles. The van der Waals surface area contributed by atoms with Gasteiger partial charge in [0.1, 0.15) is 0 Å². The Morgan fingerprint density at radius 2 is 1.85 bits per heavy atom. The molecule has 3 rings (SSSR count). The minimum atomic E-state index is -3.96. The molecule has 0 saturated heterocycles. The van der Waals surface area contributed by atoms with Crippen molar-refractivity contribution in [2.75, 3.05) is 6.54 Å². The SMILES string of the molecule is O=C(O)C(CNS(=O)(=O)c1ccc(Cl)cc1)Oc1cc2c(cc1F)CCC2. The highest BCUT2D eigenvalue weighted by Gasteiger charge is 2.25. The third-order valence-electron chi connectivity index (χ3n) is 4.27. The fourth-order valence-corrected chi connectivity index (χ4v) is 4.03. The Hall–Kier alpha value is -2.16. The van der Waals surface area contributed by atoms with Crippen molar-refractivity contribution in [2.45, 2.75) is 30.3 Å². The van der Waals surface area contributed by atoms with E-state index in [0.717, 1.165) is 30.4 Å². The monoisotopic (exact) mass is 413 g/mol. The first-order chi connectivity index (χ1) is 12.8. The fourth-order valence-electron chi connectivity index (χ4n) is 2.88. The fraction of sp³-hybridized carbons (Fsp3) is 0.278. The van der Waals surface area contributed by atoms with Crippen LogP contribution in [0.15, 0.2) is 41.3 Å². The van der Waals surface area contributed by atoms with Gasteiger partial charge in [0.15, 0.2) is 11.6 Å². The summed E-state index contributed by atoms with van der Waals surface area (Å²) in [7, 11) is -3.96. The van der Waals surface area contributed by atoms with Crippen molar-refractivity contribution in [1.29, 1.82) is 0 Å². The molecule has 1 aliphatic carbocycles. The van der Waals surface area contributed by atoms with Crippen LogP contribution in [0, 0.1) is 5.82 Å². The molecular weight excluding hydrogens is 397 g/mol. The van der Waals surface area contributed by atoms with E-state index in [0.29, 0.717) is 5.02 Å². The largest absolute Gasteiger partial charge is 0.478 e. The number of hydrogen-bond donors (Lipinski definition) is 2. The Bertz CT molecular complexity index is 962. The average molecular weight is 414 g/mol. The number of fused-ring (bicyclic) bond motifs is 1. The van der Waals surface area contributed by atoms with Gasteiger partial charge in [-0.15, -0.1) is 0 Å². The molecule has 0 amide bonds. The third-order valence-corrected chi connectivity index (χ3v) is 5.97. The zero-order chi connectivity index (χ0) is 19.6. The molecule has 2 aromatic rings. The van der Waals surface area contributed by atoms with E-state index in [-0.39, 0.29) is 10.6 Å². The molecule has 1 unspecified atom stereocenters. The van der Waals surface area contributed by atoms with Crippen molar-refractivity contribution in [3.63, 3.8) is 0 Å². The lowest BCUT2D eigenvalue weighted by Crippen LogP contribution is -2.40. The van der Waals surface area contributed by atoms with E-state index in [1.807, 2.05) is 0 Å². The van der Waals surface area contributed by atoms with Crippen molar-refractivity contribution in [3.05, 3.63) is 58.4 Å². The number of aryl methyl sites for hydroxylation is 2. The lowest BCUT2D eigenvalue weighted by molar-refractivity contribution is -0.144. The number of carbonyl (C=O) groups is 1. The number of hydrogen-bond acceptors (Lipinski definition) is 4. The van der Waals surface area contributed by atoms with E-state index in [9.17, 15) is 22.7 Å². The molecule has 144 valence electrons. The van der Waals surface area contributed by atoms with Gasteiger partial charge in [0.25, 0.3) is 0 Å². The normalized spacial score (nSPS) is 14.6. The number of halogens is 2. The molecule has 6 nitrogen and oxygen atoms in total. The number of carboxylic acid groups (broad SMARTS) is 1. The molecule has 0 fully saturated rings. The second-order valence-electron chi connectivity index (χ2n) is 6.16. The van der Waals surface area contributed by atoms with Crippen molar-refractivity contribution < 1.29 is 27.4 Å². The van der Waals surface area contributed by atoms with E-state index in [2.05, 4.69) is 4.72 Å². The molecule has 27 heavy (non-hydrogen) atoms. The molecule has 1 aliphatic rings. The van der Waals surface area contributed by atoms with Gasteiger partial charge in [-0.1, -0.05) is 11.6 Å². The Morgan fingerprint density at radius 3 is 2.48 bits per heavy atom. The van der Waals surface area contributed by atoms with Crippen molar-refractivity contribution in [2.24, 2.45) is 0 Å². The minimum Gasteiger partial charge on any atom is -0.478 e. The van der Waals surface area contributed by atoms with Crippen LogP contribution in [0.2, 0.25) is 5.02 Å². The van der Waals surface area contributed by atoms with Crippen molar-refractivity contribution in [1.82, 2.24) is 4.72 Å². The summed E-state index contributed by atoms with van der Waals surface area (Å²) in [5.41, 5.74) is 1.80. The molecule has 0 radical (unpaired) electrons. The molecule has 0 saturated carbocycles. The number of ether oxygens (including phenoxy) is 1. The van der Waals surface area contributed by atoms with Crippen LogP contribution in [0.1, 0.15) is 17.5 Å². The highest BCUT2D eigenvalue weighted by atomic mass is 35.5. The Kier molecular flexibility index (Phi) is 5.69. The second kappa shape index (κ2) is 7.84. The maximum atomic E-state index is 14.2. The van der Waals surface area contributed by atoms with Crippen LogP contribution < -0.4 is 9.46 Å². The van der Waals surface area contributed by atoms with E-state index in [4.69, 9.17) is 16.3 Å². The molecule has 0 aromatic heterocycles. The van der Waals surface area contributed by atoms with E-state index < -0.39 is 34.5 Å². The zero-order valence-corrected chi connectivity index (χ0v) is 15.7. The minimum absolute atomic E-state index is 0.0697. The van der Waals surface area contributed by atoms with Crippen LogP contribution in [0.5, 0.6) is 5.75 Å². The Labute approximate surface area is 161 Å². The lowest BCUT2D eigenvalue weighted by Gasteiger charge is -2.17. The van der Waals surface area contributed by atoms with Crippen LogP contribution >= 0.6 is 11.6 Å². The number of carboxylic acids is 1. The van der Waals surface area contributed by atoms with Gasteiger partial charge in [0, 0.05) is 5.02 Å². The summed E-state index contributed by atoms with van der Waals surface area (Å²) in [6.45, 7) is -0.559. The lowest BCUT2D eigenvalue weighted by atomic mass is 10.1. The van der Waals surface area contributed by atoms with Gasteiger partial charge >= 0.3 is 5.97 Å². The van der Waals surface area contributed by atoms with Crippen LogP contribution in [0.25, 0.3) is 0 Å². The van der Waals surface area contributed by atoms with Crippen molar-refractivity contribution in [3.8, 4) is 5.75 Å². The summed E-state index contributed by atoms with van der Waals surface area (Å²) in [5, 5.41) is 9.69. The number of aliphatic carboxylic acids is 1. The number of benzene rings is 2. The number of nitrogens with one attached hydrogen (secondary N) is 1. The topological polar surface area (TPSA) is 92.7 Å². The summed E-state index contributed by atoms with van der Waals surface area (Å²) in [5.74, 6) is -2.27. The van der Waals surface area contributed by atoms with Crippen LogP contribution in [0.4, 0.5) is 4.39 Å². The van der Waals surface area contributed by atoms with Gasteiger partial charge in [-0.05, 0) is 66.8 Å². The molecule has 0 heterocycles. The van der Waals surface area contributed by atoms with Crippen LogP contribution in [-0.2, 0) is 27.7 Å². The highest BCUT2D eigenvalue weighted by Crippen LogP contribution is 2.29. The molecule has 9 heteroatoms. The molecule has 2 N–H and O–H groups in total. The van der Waals surface area contributed by atoms with Crippen molar-refractivity contribution >= 4 is 27.6 Å². The maximum Gasteiger partial charge on any atom is 0.346 e. The van der Waals surface area contributed by atoms with E-state index in [1.165, 1.54) is 36.4 Å². The predicted octanol–water partition coefficient (Wildman–Crippen LogP) is 2.78. The maximum absolute atomic E-state index is 14.2. The Balaban J connectivity index is 1.73. The predicted molar refractivity (Wildman–Crippen MR) is 97.1 cm³/mol. The highest BCUT2D eigenvalue weighted by molar-refractivity contribution is 7.89. The standard InChI is InChI=1S/C18H17ClFNO5S/c19-13-4-6-14(7-5-13)27(24,25)21-10-17(18(22)23)26-16-9-12-3-1-2-11(12)8-15(16)20/h4-9,17,21H,1-3,10H2,(H,22,23). The van der Waals surface area contributed by atoms with Crippen LogP contribution in [-0.4, -0.2) is 32.1 Å². The summed E-state index contributed by atoms with van der Waals surface area (Å²) < 4.78 is 46.1. The first kappa shape index (κ1) is 19.6. The summed E-state index contributed by atoms with van der Waals surface area (Å²) >= 11 is 5.73. The molecule has 0 spiro atoms. The molecule has 1 atom stereocenters. The summed E-state index contributed by atoms with van der Waals surface area (Å²) in [4.78, 5) is 11.4. The summed E-state index contributed by atoms with van der Waals surface area (Å²) in [6.07, 6.45) is 0.866. The van der Waals surface area contributed by atoms with Gasteiger partial charge in [0.05, 0.1) is 11.4 Å². The smallest absolute Gasteiger partial charge is 0.346 e. The summed E-state index contributed by atoms with van der Waals surface area (Å²) in [6, 6.07) is 8.22. The van der Waals surface area contributed by atoms with Gasteiger partial charge in [0.2, 0.25) is 16.1 Å². The number of rotatable bonds is 7.